The quantitative estimate of drug-likeness (QED) is 0.838. The van der Waals surface area contributed by atoms with E-state index in [1.807, 2.05) is 38.1 Å². The zero-order valence-electron chi connectivity index (χ0n) is 12.6. The van der Waals surface area contributed by atoms with Crippen molar-refractivity contribution in [2.75, 3.05) is 7.11 Å². The van der Waals surface area contributed by atoms with E-state index in [0.29, 0.717) is 12.8 Å². The second kappa shape index (κ2) is 5.76. The van der Waals surface area contributed by atoms with Gasteiger partial charge in [-0.2, -0.15) is 0 Å². The topological polar surface area (TPSA) is 75.6 Å². The van der Waals surface area contributed by atoms with Gasteiger partial charge in [-0.1, -0.05) is 18.2 Å². The molecular formula is C16H21NO4. The van der Waals surface area contributed by atoms with Crippen LogP contribution in [0.3, 0.4) is 0 Å². The lowest BCUT2D eigenvalue weighted by atomic mass is 9.94. The van der Waals surface area contributed by atoms with Gasteiger partial charge < -0.3 is 15.2 Å². The van der Waals surface area contributed by atoms with Gasteiger partial charge in [-0.25, -0.2) is 0 Å². The van der Waals surface area contributed by atoms with Gasteiger partial charge in [0.1, 0.15) is 5.75 Å². The highest BCUT2D eigenvalue weighted by Crippen LogP contribution is 2.39. The van der Waals surface area contributed by atoms with Crippen molar-refractivity contribution >= 4 is 11.9 Å². The van der Waals surface area contributed by atoms with E-state index in [-0.39, 0.29) is 11.8 Å². The summed E-state index contributed by atoms with van der Waals surface area (Å²) in [6, 6.07) is 7.67. The molecule has 0 heterocycles. The van der Waals surface area contributed by atoms with Crippen molar-refractivity contribution in [2.45, 2.75) is 32.2 Å². The van der Waals surface area contributed by atoms with Gasteiger partial charge in [-0.3, -0.25) is 9.59 Å². The summed E-state index contributed by atoms with van der Waals surface area (Å²) in [7, 11) is 1.62. The van der Waals surface area contributed by atoms with Crippen LogP contribution in [0.5, 0.6) is 5.75 Å². The molecule has 2 N–H and O–H groups in total. The van der Waals surface area contributed by atoms with Gasteiger partial charge in [0, 0.05) is 5.54 Å². The number of carboxylic acids is 1. The van der Waals surface area contributed by atoms with E-state index in [9.17, 15) is 9.59 Å². The zero-order chi connectivity index (χ0) is 15.6. The molecule has 0 bridgehead atoms. The Morgan fingerprint density at radius 3 is 2.57 bits per heavy atom. The highest BCUT2D eigenvalue weighted by molar-refractivity contribution is 5.89. The lowest BCUT2D eigenvalue weighted by Crippen LogP contribution is -2.46. The SMILES string of the molecule is COc1ccccc1CC(C)(C)NC(=O)[C@H]1C[C@@H]1C(=O)O. The van der Waals surface area contributed by atoms with Crippen molar-refractivity contribution < 1.29 is 19.4 Å². The summed E-state index contributed by atoms with van der Waals surface area (Å²) in [5.74, 6) is -1.19. The minimum Gasteiger partial charge on any atom is -0.496 e. The number of hydrogen-bond acceptors (Lipinski definition) is 3. The molecule has 0 saturated heterocycles. The van der Waals surface area contributed by atoms with Crippen LogP contribution < -0.4 is 10.1 Å². The number of ether oxygens (including phenoxy) is 1. The Bertz CT molecular complexity index is 553. The number of nitrogens with one attached hydrogen (secondary N) is 1. The van der Waals surface area contributed by atoms with Gasteiger partial charge in [0.2, 0.25) is 5.91 Å². The van der Waals surface area contributed by atoms with E-state index in [4.69, 9.17) is 9.84 Å². The molecule has 1 fully saturated rings. The maximum atomic E-state index is 12.1. The number of carbonyl (C=O) groups excluding carboxylic acids is 1. The fraction of sp³-hybridized carbons (Fsp3) is 0.500. The van der Waals surface area contributed by atoms with E-state index in [0.717, 1.165) is 11.3 Å². The molecule has 0 spiro atoms. The highest BCUT2D eigenvalue weighted by Gasteiger charge is 2.49. The fourth-order valence-corrected chi connectivity index (χ4v) is 2.55. The lowest BCUT2D eigenvalue weighted by molar-refractivity contribution is -0.140. The van der Waals surface area contributed by atoms with E-state index in [1.54, 1.807) is 7.11 Å². The molecule has 0 aromatic heterocycles. The molecule has 21 heavy (non-hydrogen) atoms. The predicted octanol–water partition coefficient (Wildman–Crippen LogP) is 1.85. The second-order valence-corrected chi connectivity index (χ2v) is 6.15. The van der Waals surface area contributed by atoms with E-state index in [1.165, 1.54) is 0 Å². The van der Waals surface area contributed by atoms with Crippen molar-refractivity contribution in [2.24, 2.45) is 11.8 Å². The first-order valence-corrected chi connectivity index (χ1v) is 7.01. The average molecular weight is 291 g/mol. The zero-order valence-corrected chi connectivity index (χ0v) is 12.6. The number of benzene rings is 1. The van der Waals surface area contributed by atoms with Gasteiger partial charge in [0.15, 0.2) is 0 Å². The minimum atomic E-state index is -0.891. The summed E-state index contributed by atoms with van der Waals surface area (Å²) in [6.45, 7) is 3.85. The van der Waals surface area contributed by atoms with E-state index in [2.05, 4.69) is 5.32 Å². The smallest absolute Gasteiger partial charge is 0.307 e. The molecule has 5 heteroatoms. The van der Waals surface area contributed by atoms with Gasteiger partial charge >= 0.3 is 5.97 Å². The van der Waals surface area contributed by atoms with Crippen LogP contribution in [-0.4, -0.2) is 29.6 Å². The predicted molar refractivity (Wildman–Crippen MR) is 78.2 cm³/mol. The Kier molecular flexibility index (Phi) is 4.21. The molecular weight excluding hydrogens is 270 g/mol. The van der Waals surface area contributed by atoms with Crippen molar-refractivity contribution in [1.29, 1.82) is 0 Å². The summed E-state index contributed by atoms with van der Waals surface area (Å²) < 4.78 is 5.31. The first kappa shape index (κ1) is 15.4. The first-order valence-electron chi connectivity index (χ1n) is 7.01. The molecule has 0 radical (unpaired) electrons. The Labute approximate surface area is 124 Å². The summed E-state index contributed by atoms with van der Waals surface area (Å²) >= 11 is 0. The summed E-state index contributed by atoms with van der Waals surface area (Å²) in [6.07, 6.45) is 1.05. The maximum absolute atomic E-state index is 12.1. The third kappa shape index (κ3) is 3.74. The Balaban J connectivity index is 1.99. The molecule has 5 nitrogen and oxygen atoms in total. The number of aliphatic carboxylic acids is 1. The Hall–Kier alpha value is -2.04. The largest absolute Gasteiger partial charge is 0.496 e. The number of hydrogen-bond donors (Lipinski definition) is 2. The standard InChI is InChI=1S/C16H21NO4/c1-16(2,9-10-6-4-5-7-13(10)21-3)17-14(18)11-8-12(11)15(19)20/h4-7,11-12H,8-9H2,1-3H3,(H,17,18)(H,19,20)/t11-,12-/m0/s1. The van der Waals surface area contributed by atoms with Crippen LogP contribution in [0.4, 0.5) is 0 Å². The van der Waals surface area contributed by atoms with Gasteiger partial charge in [0.25, 0.3) is 0 Å². The maximum Gasteiger partial charge on any atom is 0.307 e. The number of amides is 1. The van der Waals surface area contributed by atoms with E-state index >= 15 is 0 Å². The molecule has 114 valence electrons. The van der Waals surface area contributed by atoms with Crippen LogP contribution in [0.2, 0.25) is 0 Å². The lowest BCUT2D eigenvalue weighted by Gasteiger charge is -2.27. The molecule has 2 rings (SSSR count). The molecule has 1 aliphatic rings. The Morgan fingerprint density at radius 2 is 2.00 bits per heavy atom. The molecule has 1 saturated carbocycles. The van der Waals surface area contributed by atoms with Crippen molar-refractivity contribution in [3.8, 4) is 5.75 Å². The van der Waals surface area contributed by atoms with Gasteiger partial charge in [-0.15, -0.1) is 0 Å². The fourth-order valence-electron chi connectivity index (χ4n) is 2.55. The Morgan fingerprint density at radius 1 is 1.33 bits per heavy atom. The monoisotopic (exact) mass is 291 g/mol. The molecule has 0 unspecified atom stereocenters. The van der Waals surface area contributed by atoms with Crippen LogP contribution in [0.25, 0.3) is 0 Å². The molecule has 0 aliphatic heterocycles. The summed E-state index contributed by atoms with van der Waals surface area (Å²) in [4.78, 5) is 22.9. The van der Waals surface area contributed by atoms with Crippen molar-refractivity contribution in [1.82, 2.24) is 5.32 Å². The van der Waals surface area contributed by atoms with E-state index < -0.39 is 17.4 Å². The molecule has 1 aromatic rings. The number of carboxylic acid groups (broad SMARTS) is 1. The van der Waals surface area contributed by atoms with Crippen LogP contribution in [0, 0.1) is 11.8 Å². The normalized spacial score (nSPS) is 20.7. The van der Waals surface area contributed by atoms with Crippen LogP contribution in [0.15, 0.2) is 24.3 Å². The van der Waals surface area contributed by atoms with Crippen molar-refractivity contribution in [3.05, 3.63) is 29.8 Å². The van der Waals surface area contributed by atoms with Gasteiger partial charge in [0.05, 0.1) is 18.9 Å². The number of methoxy groups -OCH3 is 1. The highest BCUT2D eigenvalue weighted by atomic mass is 16.5. The first-order chi connectivity index (χ1) is 9.84. The molecule has 1 aliphatic carbocycles. The second-order valence-electron chi connectivity index (χ2n) is 6.15. The van der Waals surface area contributed by atoms with Crippen molar-refractivity contribution in [3.63, 3.8) is 0 Å². The van der Waals surface area contributed by atoms with Crippen LogP contribution in [-0.2, 0) is 16.0 Å². The van der Waals surface area contributed by atoms with Gasteiger partial charge in [-0.05, 0) is 38.3 Å². The summed E-state index contributed by atoms with van der Waals surface area (Å²) in [5, 5.41) is 11.8. The molecule has 2 atom stereocenters. The third-order valence-corrected chi connectivity index (χ3v) is 3.73. The van der Waals surface area contributed by atoms with Crippen LogP contribution in [0.1, 0.15) is 25.8 Å². The summed E-state index contributed by atoms with van der Waals surface area (Å²) in [5.41, 5.74) is 0.549. The molecule has 1 amide bonds. The number of para-hydroxylation sites is 1. The number of carbonyl (C=O) groups is 2. The minimum absolute atomic E-state index is 0.178. The molecule has 1 aromatic carbocycles. The van der Waals surface area contributed by atoms with Crippen LogP contribution >= 0.6 is 0 Å². The number of rotatable bonds is 6. The average Bonchev–Trinajstić information content (AvgIpc) is 3.18. The third-order valence-electron chi connectivity index (χ3n) is 3.73.